The third-order valence-electron chi connectivity index (χ3n) is 2.78. The minimum absolute atomic E-state index is 0.136. The van der Waals surface area contributed by atoms with Crippen molar-refractivity contribution in [2.24, 2.45) is 5.73 Å². The molecule has 0 radical (unpaired) electrons. The van der Waals surface area contributed by atoms with Gasteiger partial charge in [0.05, 0.1) is 6.07 Å². The number of rotatable bonds is 7. The molecule has 0 aliphatic carbocycles. The third-order valence-corrected chi connectivity index (χ3v) is 2.78. The van der Waals surface area contributed by atoms with Crippen LogP contribution in [0.2, 0.25) is 0 Å². The SMILES string of the molecule is CO[C@H](C(=O)N[C@@H](CCC#N)C(N)=O)c1ccccc1. The van der Waals surface area contributed by atoms with Crippen LogP contribution >= 0.6 is 0 Å². The Balaban J connectivity index is 2.76. The van der Waals surface area contributed by atoms with Crippen LogP contribution in [0.5, 0.6) is 0 Å². The zero-order valence-corrected chi connectivity index (χ0v) is 11.2. The first-order chi connectivity index (χ1) is 9.60. The van der Waals surface area contributed by atoms with Crippen LogP contribution in [0.4, 0.5) is 0 Å². The molecular formula is C14H17N3O3. The molecule has 6 nitrogen and oxygen atoms in total. The van der Waals surface area contributed by atoms with Crippen molar-refractivity contribution in [1.82, 2.24) is 5.32 Å². The smallest absolute Gasteiger partial charge is 0.254 e. The van der Waals surface area contributed by atoms with Gasteiger partial charge in [0, 0.05) is 13.5 Å². The molecule has 106 valence electrons. The van der Waals surface area contributed by atoms with Gasteiger partial charge in [-0.25, -0.2) is 0 Å². The predicted molar refractivity (Wildman–Crippen MR) is 72.2 cm³/mol. The Kier molecular flexibility index (Phi) is 6.20. The van der Waals surface area contributed by atoms with Gasteiger partial charge in [-0.2, -0.15) is 5.26 Å². The molecule has 0 fully saturated rings. The first-order valence-electron chi connectivity index (χ1n) is 6.14. The van der Waals surface area contributed by atoms with Gasteiger partial charge in [0.25, 0.3) is 5.91 Å². The molecule has 1 rings (SSSR count). The van der Waals surface area contributed by atoms with E-state index in [-0.39, 0.29) is 12.8 Å². The molecule has 0 heterocycles. The Morgan fingerprint density at radius 3 is 2.55 bits per heavy atom. The van der Waals surface area contributed by atoms with Crippen LogP contribution < -0.4 is 11.1 Å². The number of nitrogens with two attached hydrogens (primary N) is 1. The molecule has 0 unspecified atom stereocenters. The molecule has 0 aliphatic heterocycles. The molecule has 6 heteroatoms. The Morgan fingerprint density at radius 1 is 1.40 bits per heavy atom. The third kappa shape index (κ3) is 4.37. The number of amides is 2. The van der Waals surface area contributed by atoms with E-state index < -0.39 is 24.0 Å². The average Bonchev–Trinajstić information content (AvgIpc) is 2.45. The number of primary amides is 1. The van der Waals surface area contributed by atoms with Gasteiger partial charge in [0.2, 0.25) is 5.91 Å². The van der Waals surface area contributed by atoms with E-state index >= 15 is 0 Å². The topological polar surface area (TPSA) is 105 Å². The van der Waals surface area contributed by atoms with Gasteiger partial charge in [0.15, 0.2) is 6.10 Å². The van der Waals surface area contributed by atoms with Crippen LogP contribution in [0.3, 0.4) is 0 Å². The number of carbonyl (C=O) groups excluding carboxylic acids is 2. The molecule has 2 atom stereocenters. The van der Waals surface area contributed by atoms with Crippen molar-refractivity contribution in [2.45, 2.75) is 25.0 Å². The summed E-state index contributed by atoms with van der Waals surface area (Å²) in [6.07, 6.45) is -0.500. The average molecular weight is 275 g/mol. The number of nitrogens with one attached hydrogen (secondary N) is 1. The van der Waals surface area contributed by atoms with E-state index in [1.54, 1.807) is 24.3 Å². The summed E-state index contributed by atoms with van der Waals surface area (Å²) in [5.41, 5.74) is 5.88. The van der Waals surface area contributed by atoms with Gasteiger partial charge < -0.3 is 15.8 Å². The highest BCUT2D eigenvalue weighted by atomic mass is 16.5. The van der Waals surface area contributed by atoms with Crippen molar-refractivity contribution < 1.29 is 14.3 Å². The fraction of sp³-hybridized carbons (Fsp3) is 0.357. The van der Waals surface area contributed by atoms with Gasteiger partial charge in [-0.05, 0) is 12.0 Å². The first-order valence-corrected chi connectivity index (χ1v) is 6.14. The van der Waals surface area contributed by atoms with Gasteiger partial charge >= 0.3 is 0 Å². The second-order valence-corrected chi connectivity index (χ2v) is 4.19. The minimum atomic E-state index is -0.872. The molecule has 1 aromatic carbocycles. The van der Waals surface area contributed by atoms with Crippen molar-refractivity contribution >= 4 is 11.8 Å². The van der Waals surface area contributed by atoms with Gasteiger partial charge in [-0.15, -0.1) is 0 Å². The summed E-state index contributed by atoms with van der Waals surface area (Å²) in [4.78, 5) is 23.4. The lowest BCUT2D eigenvalue weighted by atomic mass is 10.1. The fourth-order valence-electron chi connectivity index (χ4n) is 1.76. The van der Waals surface area contributed by atoms with Crippen LogP contribution in [0, 0.1) is 11.3 Å². The molecule has 0 saturated carbocycles. The Labute approximate surface area is 117 Å². The first kappa shape index (κ1) is 15.7. The molecule has 1 aromatic rings. The quantitative estimate of drug-likeness (QED) is 0.762. The van der Waals surface area contributed by atoms with Crippen LogP contribution in [0.25, 0.3) is 0 Å². The summed E-state index contributed by atoms with van der Waals surface area (Å²) in [7, 11) is 1.41. The second kappa shape index (κ2) is 7.92. The summed E-state index contributed by atoms with van der Waals surface area (Å²) in [6.45, 7) is 0. The lowest BCUT2D eigenvalue weighted by Crippen LogP contribution is -2.46. The van der Waals surface area contributed by atoms with Crippen molar-refractivity contribution in [3.63, 3.8) is 0 Å². The van der Waals surface area contributed by atoms with E-state index in [0.29, 0.717) is 5.56 Å². The van der Waals surface area contributed by atoms with Crippen LogP contribution in [-0.4, -0.2) is 25.0 Å². The van der Waals surface area contributed by atoms with Crippen molar-refractivity contribution in [1.29, 1.82) is 5.26 Å². The maximum absolute atomic E-state index is 12.1. The van der Waals surface area contributed by atoms with E-state index in [1.807, 2.05) is 12.1 Å². The number of ether oxygens (including phenoxy) is 1. The summed E-state index contributed by atoms with van der Waals surface area (Å²) >= 11 is 0. The number of methoxy groups -OCH3 is 1. The Hall–Kier alpha value is -2.39. The summed E-state index contributed by atoms with van der Waals surface area (Å²) in [6, 6.07) is 9.95. The maximum atomic E-state index is 12.1. The molecule has 3 N–H and O–H groups in total. The second-order valence-electron chi connectivity index (χ2n) is 4.19. The summed E-state index contributed by atoms with van der Waals surface area (Å²) in [5.74, 6) is -1.13. The van der Waals surface area contributed by atoms with Gasteiger partial charge in [-0.1, -0.05) is 30.3 Å². The number of nitriles is 1. The van der Waals surface area contributed by atoms with Crippen LogP contribution in [0.15, 0.2) is 30.3 Å². The lowest BCUT2D eigenvalue weighted by Gasteiger charge is -2.19. The van der Waals surface area contributed by atoms with Crippen LogP contribution in [-0.2, 0) is 14.3 Å². The number of benzene rings is 1. The van der Waals surface area contributed by atoms with Crippen molar-refractivity contribution in [3.8, 4) is 6.07 Å². The predicted octanol–water partition coefficient (Wildman–Crippen LogP) is 0.648. The highest BCUT2D eigenvalue weighted by Gasteiger charge is 2.24. The monoisotopic (exact) mass is 275 g/mol. The molecular weight excluding hydrogens is 258 g/mol. The molecule has 0 aromatic heterocycles. The minimum Gasteiger partial charge on any atom is -0.368 e. The van der Waals surface area contributed by atoms with Gasteiger partial charge in [-0.3, -0.25) is 9.59 Å². The van der Waals surface area contributed by atoms with Crippen molar-refractivity contribution in [3.05, 3.63) is 35.9 Å². The number of nitrogens with zero attached hydrogens (tertiary/aromatic N) is 1. The maximum Gasteiger partial charge on any atom is 0.254 e. The molecule has 20 heavy (non-hydrogen) atoms. The largest absolute Gasteiger partial charge is 0.368 e. The Bertz CT molecular complexity index is 496. The van der Waals surface area contributed by atoms with Gasteiger partial charge in [0.1, 0.15) is 6.04 Å². The molecule has 2 amide bonds. The van der Waals surface area contributed by atoms with E-state index in [9.17, 15) is 9.59 Å². The highest BCUT2D eigenvalue weighted by molar-refractivity contribution is 5.89. The number of carbonyl (C=O) groups is 2. The van der Waals surface area contributed by atoms with E-state index in [2.05, 4.69) is 5.32 Å². The molecule has 0 aliphatic rings. The van der Waals surface area contributed by atoms with Crippen LogP contribution in [0.1, 0.15) is 24.5 Å². The number of hydrogen-bond donors (Lipinski definition) is 2. The Morgan fingerprint density at radius 2 is 2.05 bits per heavy atom. The zero-order chi connectivity index (χ0) is 15.0. The molecule has 0 spiro atoms. The van der Waals surface area contributed by atoms with E-state index in [0.717, 1.165) is 0 Å². The number of hydrogen-bond acceptors (Lipinski definition) is 4. The van der Waals surface area contributed by atoms with Crippen molar-refractivity contribution in [2.75, 3.05) is 7.11 Å². The highest BCUT2D eigenvalue weighted by Crippen LogP contribution is 2.16. The fourth-order valence-corrected chi connectivity index (χ4v) is 1.76. The lowest BCUT2D eigenvalue weighted by molar-refractivity contribution is -0.135. The molecule has 0 saturated heterocycles. The molecule has 0 bridgehead atoms. The standard InChI is InChI=1S/C14H17N3O3/c1-20-12(10-6-3-2-4-7-10)14(19)17-11(13(16)18)8-5-9-15/h2-4,6-7,11-12H,5,8H2,1H3,(H2,16,18)(H,17,19)/t11-,12-/m0/s1. The summed E-state index contributed by atoms with van der Waals surface area (Å²) < 4.78 is 5.15. The zero-order valence-electron chi connectivity index (χ0n) is 11.2. The normalized spacial score (nSPS) is 13.0. The van der Waals surface area contributed by atoms with E-state index in [4.69, 9.17) is 15.7 Å². The summed E-state index contributed by atoms with van der Waals surface area (Å²) in [5, 5.41) is 11.0. The van der Waals surface area contributed by atoms with E-state index in [1.165, 1.54) is 7.11 Å².